The molecular formula is C22H18F4N2O2. The third-order valence-corrected chi connectivity index (χ3v) is 4.39. The number of unbranched alkanes of at least 4 members (excludes halogenated alkanes) is 2. The highest BCUT2D eigenvalue weighted by Crippen LogP contribution is 2.23. The van der Waals surface area contributed by atoms with Gasteiger partial charge in [-0.2, -0.15) is 0 Å². The van der Waals surface area contributed by atoms with Crippen molar-refractivity contribution in [3.8, 4) is 17.1 Å². The van der Waals surface area contributed by atoms with Gasteiger partial charge in [0.25, 0.3) is 0 Å². The van der Waals surface area contributed by atoms with E-state index in [2.05, 4.69) is 16.9 Å². The summed E-state index contributed by atoms with van der Waals surface area (Å²) >= 11 is 0. The molecule has 3 aromatic rings. The van der Waals surface area contributed by atoms with Crippen LogP contribution in [0.3, 0.4) is 0 Å². The van der Waals surface area contributed by atoms with Crippen LogP contribution in [0.1, 0.15) is 42.1 Å². The van der Waals surface area contributed by atoms with Crippen molar-refractivity contribution in [3.05, 3.63) is 77.1 Å². The van der Waals surface area contributed by atoms with Gasteiger partial charge >= 0.3 is 5.97 Å². The summed E-state index contributed by atoms with van der Waals surface area (Å²) in [4.78, 5) is 20.6. The van der Waals surface area contributed by atoms with Crippen molar-refractivity contribution in [2.75, 3.05) is 0 Å². The van der Waals surface area contributed by atoms with Crippen molar-refractivity contribution in [2.24, 2.45) is 0 Å². The topological polar surface area (TPSA) is 52.1 Å². The van der Waals surface area contributed by atoms with Crippen LogP contribution in [0.25, 0.3) is 11.4 Å². The SMILES string of the molecule is CCCCCc1cnc(-c2ccc(C(=O)Oc3cc(F)c(F)c(F)c3)c(F)c2)nc1. The summed E-state index contributed by atoms with van der Waals surface area (Å²) in [6.07, 6.45) is 7.47. The van der Waals surface area contributed by atoms with Crippen LogP contribution in [0.15, 0.2) is 42.7 Å². The minimum Gasteiger partial charge on any atom is -0.423 e. The molecule has 3 rings (SSSR count). The summed E-state index contributed by atoms with van der Waals surface area (Å²) in [5, 5.41) is 0. The number of ether oxygens (including phenoxy) is 1. The van der Waals surface area contributed by atoms with Crippen LogP contribution in [-0.4, -0.2) is 15.9 Å². The number of aromatic nitrogens is 2. The smallest absolute Gasteiger partial charge is 0.346 e. The lowest BCUT2D eigenvalue weighted by atomic mass is 10.1. The van der Waals surface area contributed by atoms with Crippen molar-refractivity contribution < 1.29 is 27.1 Å². The first-order valence-electron chi connectivity index (χ1n) is 9.36. The van der Waals surface area contributed by atoms with Gasteiger partial charge in [0, 0.05) is 30.1 Å². The first-order valence-corrected chi connectivity index (χ1v) is 9.36. The van der Waals surface area contributed by atoms with Gasteiger partial charge in [-0.05, 0) is 30.5 Å². The Labute approximate surface area is 170 Å². The summed E-state index contributed by atoms with van der Waals surface area (Å²) < 4.78 is 58.6. The molecule has 0 saturated heterocycles. The van der Waals surface area contributed by atoms with E-state index >= 15 is 0 Å². The lowest BCUT2D eigenvalue weighted by Gasteiger charge is -2.08. The predicted molar refractivity (Wildman–Crippen MR) is 102 cm³/mol. The van der Waals surface area contributed by atoms with Gasteiger partial charge in [0.2, 0.25) is 0 Å². The van der Waals surface area contributed by atoms with Crippen molar-refractivity contribution in [1.82, 2.24) is 9.97 Å². The normalized spacial score (nSPS) is 10.8. The summed E-state index contributed by atoms with van der Waals surface area (Å²) in [6, 6.07) is 4.64. The fourth-order valence-electron chi connectivity index (χ4n) is 2.79. The molecule has 156 valence electrons. The zero-order chi connectivity index (χ0) is 21.7. The van der Waals surface area contributed by atoms with E-state index in [0.29, 0.717) is 17.7 Å². The van der Waals surface area contributed by atoms with Crippen LogP contribution in [0.4, 0.5) is 17.6 Å². The zero-order valence-corrected chi connectivity index (χ0v) is 16.1. The van der Waals surface area contributed by atoms with Gasteiger partial charge in [-0.15, -0.1) is 0 Å². The molecule has 0 aliphatic carbocycles. The van der Waals surface area contributed by atoms with Gasteiger partial charge in [-0.1, -0.05) is 25.8 Å². The Morgan fingerprint density at radius 3 is 2.20 bits per heavy atom. The Kier molecular flexibility index (Phi) is 6.76. The number of hydrogen-bond donors (Lipinski definition) is 0. The average molecular weight is 418 g/mol. The quantitative estimate of drug-likeness (QED) is 0.164. The summed E-state index contributed by atoms with van der Waals surface area (Å²) in [5.74, 6) is -7.14. The largest absolute Gasteiger partial charge is 0.423 e. The fourth-order valence-corrected chi connectivity index (χ4v) is 2.79. The second-order valence-corrected chi connectivity index (χ2v) is 6.66. The van der Waals surface area contributed by atoms with E-state index in [9.17, 15) is 22.4 Å². The fraction of sp³-hybridized carbons (Fsp3) is 0.227. The van der Waals surface area contributed by atoms with Crippen LogP contribution in [-0.2, 0) is 6.42 Å². The van der Waals surface area contributed by atoms with E-state index in [-0.39, 0.29) is 5.82 Å². The van der Waals surface area contributed by atoms with Crippen LogP contribution >= 0.6 is 0 Å². The molecule has 0 amide bonds. The summed E-state index contributed by atoms with van der Waals surface area (Å²) in [5.41, 5.74) is 0.870. The second kappa shape index (κ2) is 9.47. The highest BCUT2D eigenvalue weighted by molar-refractivity contribution is 5.91. The van der Waals surface area contributed by atoms with Gasteiger partial charge in [0.15, 0.2) is 23.3 Å². The second-order valence-electron chi connectivity index (χ2n) is 6.66. The van der Waals surface area contributed by atoms with E-state index in [0.717, 1.165) is 43.4 Å². The zero-order valence-electron chi connectivity index (χ0n) is 16.1. The highest BCUT2D eigenvalue weighted by atomic mass is 19.2. The number of rotatable bonds is 7. The molecule has 2 aromatic carbocycles. The number of carbonyl (C=O) groups is 1. The molecule has 0 atom stereocenters. The van der Waals surface area contributed by atoms with Gasteiger partial charge in [-0.3, -0.25) is 0 Å². The van der Waals surface area contributed by atoms with Crippen molar-refractivity contribution in [2.45, 2.75) is 32.6 Å². The maximum Gasteiger partial charge on any atom is 0.346 e. The summed E-state index contributed by atoms with van der Waals surface area (Å²) in [6.45, 7) is 2.11. The molecule has 0 radical (unpaired) electrons. The van der Waals surface area contributed by atoms with Crippen molar-refractivity contribution in [1.29, 1.82) is 0 Å². The molecular weight excluding hydrogens is 400 g/mol. The van der Waals surface area contributed by atoms with Gasteiger partial charge in [-0.25, -0.2) is 32.3 Å². The standard InChI is InChI=1S/C22H18F4N2O2/c1-2-3-4-5-13-11-27-21(28-12-13)14-6-7-16(17(23)8-14)22(29)30-15-9-18(24)20(26)19(25)10-15/h6-12H,2-5H2,1H3. The first kappa shape index (κ1) is 21.4. The first-order chi connectivity index (χ1) is 14.4. The lowest BCUT2D eigenvalue weighted by Crippen LogP contribution is -2.11. The maximum atomic E-state index is 14.4. The van der Waals surface area contributed by atoms with E-state index in [4.69, 9.17) is 4.74 Å². The van der Waals surface area contributed by atoms with Crippen LogP contribution in [0, 0.1) is 23.3 Å². The Bertz CT molecular complexity index is 1030. The molecule has 1 heterocycles. The van der Waals surface area contributed by atoms with E-state index < -0.39 is 40.6 Å². The molecule has 0 bridgehead atoms. The minimum atomic E-state index is -1.69. The van der Waals surface area contributed by atoms with Crippen molar-refractivity contribution >= 4 is 5.97 Å². The van der Waals surface area contributed by atoms with E-state index in [1.54, 1.807) is 12.4 Å². The Morgan fingerprint density at radius 1 is 0.933 bits per heavy atom. The number of benzene rings is 2. The van der Waals surface area contributed by atoms with Crippen LogP contribution in [0.5, 0.6) is 5.75 Å². The third kappa shape index (κ3) is 5.00. The number of nitrogens with zero attached hydrogens (tertiary/aromatic N) is 2. The molecule has 4 nitrogen and oxygen atoms in total. The Hall–Kier alpha value is -3.29. The molecule has 8 heteroatoms. The number of halogens is 4. The highest BCUT2D eigenvalue weighted by Gasteiger charge is 2.18. The predicted octanol–water partition coefficient (Wildman–Crippen LogP) is 5.65. The molecule has 1 aromatic heterocycles. The Morgan fingerprint density at radius 2 is 1.60 bits per heavy atom. The van der Waals surface area contributed by atoms with Crippen molar-refractivity contribution in [3.63, 3.8) is 0 Å². The molecule has 30 heavy (non-hydrogen) atoms. The maximum absolute atomic E-state index is 14.4. The van der Waals surface area contributed by atoms with Gasteiger partial charge in [0.1, 0.15) is 11.6 Å². The van der Waals surface area contributed by atoms with Gasteiger partial charge in [0.05, 0.1) is 5.56 Å². The molecule has 0 fully saturated rings. The number of hydrogen-bond acceptors (Lipinski definition) is 4. The molecule has 0 aliphatic rings. The molecule has 0 unspecified atom stereocenters. The molecule has 0 N–H and O–H groups in total. The monoisotopic (exact) mass is 418 g/mol. The third-order valence-electron chi connectivity index (χ3n) is 4.39. The Balaban J connectivity index is 1.74. The van der Waals surface area contributed by atoms with E-state index in [1.165, 1.54) is 6.07 Å². The minimum absolute atomic E-state index is 0.288. The molecule has 0 saturated carbocycles. The van der Waals surface area contributed by atoms with Crippen LogP contribution < -0.4 is 4.74 Å². The summed E-state index contributed by atoms with van der Waals surface area (Å²) in [7, 11) is 0. The average Bonchev–Trinajstić information content (AvgIpc) is 2.72. The number of esters is 1. The number of carbonyl (C=O) groups excluding carboxylic acids is 1. The van der Waals surface area contributed by atoms with Gasteiger partial charge < -0.3 is 4.74 Å². The van der Waals surface area contributed by atoms with E-state index in [1.807, 2.05) is 0 Å². The number of aryl methyl sites for hydroxylation is 1. The lowest BCUT2D eigenvalue weighted by molar-refractivity contribution is 0.0728. The molecule has 0 aliphatic heterocycles. The van der Waals surface area contributed by atoms with Crippen LogP contribution in [0.2, 0.25) is 0 Å². The molecule has 0 spiro atoms.